The molecule has 0 aliphatic rings. The predicted molar refractivity (Wildman–Crippen MR) is 152 cm³/mol. The van der Waals surface area contributed by atoms with Gasteiger partial charge in [-0.15, -0.1) is 0 Å². The van der Waals surface area contributed by atoms with Crippen molar-refractivity contribution in [3.05, 3.63) is 101 Å². The van der Waals surface area contributed by atoms with Gasteiger partial charge in [-0.25, -0.2) is 4.98 Å². The van der Waals surface area contributed by atoms with Crippen LogP contribution in [0.25, 0.3) is 17.0 Å². The number of aromatic nitrogens is 4. The maximum absolute atomic E-state index is 13.2. The summed E-state index contributed by atoms with van der Waals surface area (Å²) in [5.74, 6) is 1.68. The Balaban J connectivity index is 1.42. The maximum atomic E-state index is 13.2. The van der Waals surface area contributed by atoms with Gasteiger partial charge in [0.1, 0.15) is 11.6 Å². The van der Waals surface area contributed by atoms with E-state index in [4.69, 9.17) is 21.3 Å². The van der Waals surface area contributed by atoms with Gasteiger partial charge in [0.15, 0.2) is 0 Å². The number of aryl methyl sites for hydroxylation is 1. The first-order chi connectivity index (χ1) is 18.5. The van der Waals surface area contributed by atoms with Crippen LogP contribution >= 0.6 is 11.6 Å². The number of unbranched alkanes of at least 4 members (excludes halogenated alkanes) is 2. The van der Waals surface area contributed by atoms with E-state index >= 15 is 0 Å². The van der Waals surface area contributed by atoms with Gasteiger partial charge >= 0.3 is 0 Å². The number of fused-ring (bicyclic) bond motifs is 1. The molecule has 0 aliphatic carbocycles. The van der Waals surface area contributed by atoms with Gasteiger partial charge < -0.3 is 14.6 Å². The minimum Gasteiger partial charge on any atom is -0.494 e. The van der Waals surface area contributed by atoms with Gasteiger partial charge in [0.25, 0.3) is 5.91 Å². The fraction of sp³-hybridized carbons (Fsp3) is 0.233. The molecule has 3 aromatic carbocycles. The van der Waals surface area contributed by atoms with Crippen molar-refractivity contribution >= 4 is 34.4 Å². The second kappa shape index (κ2) is 11.5. The summed E-state index contributed by atoms with van der Waals surface area (Å²) in [6.45, 7) is 5.30. The molecule has 0 unspecified atom stereocenters. The Bertz CT molecular complexity index is 1540. The largest absolute Gasteiger partial charge is 0.494 e. The third kappa shape index (κ3) is 5.73. The second-order valence-electron chi connectivity index (χ2n) is 9.23. The molecule has 1 N–H and O–H groups in total. The van der Waals surface area contributed by atoms with E-state index in [-0.39, 0.29) is 5.91 Å². The molecular weight excluding hydrogens is 498 g/mol. The molecule has 0 saturated carbocycles. The maximum Gasteiger partial charge on any atom is 0.256 e. The van der Waals surface area contributed by atoms with Gasteiger partial charge in [-0.3, -0.25) is 4.79 Å². The minimum atomic E-state index is -0.232. The van der Waals surface area contributed by atoms with Crippen LogP contribution in [0.2, 0.25) is 5.02 Å². The number of halogens is 1. The van der Waals surface area contributed by atoms with Crippen molar-refractivity contribution in [1.82, 2.24) is 19.3 Å². The molecule has 1 amide bonds. The monoisotopic (exact) mass is 527 g/mol. The van der Waals surface area contributed by atoms with E-state index in [0.29, 0.717) is 35.5 Å². The summed E-state index contributed by atoms with van der Waals surface area (Å²) >= 11 is 6.10. The summed E-state index contributed by atoms with van der Waals surface area (Å²) in [5.41, 5.74) is 4.19. The Hall–Kier alpha value is -4.10. The fourth-order valence-electron chi connectivity index (χ4n) is 4.33. The Morgan fingerprint density at radius 1 is 1.00 bits per heavy atom. The molecule has 0 aliphatic heterocycles. The lowest BCUT2D eigenvalue weighted by Gasteiger charge is -2.12. The molecule has 38 heavy (non-hydrogen) atoms. The standard InChI is InChI=1S/C30H30ClN5O2/c1-3-4-7-18-38-25-16-12-23(13-17-25)29(37)33-28-19-21(2)34-36(28)30-32-26-8-5-6-9-27(26)35(30)20-22-10-14-24(31)15-11-22/h5-6,8-17,19H,3-4,7,18,20H2,1-2H3,(H,33,37). The van der Waals surface area contributed by atoms with Gasteiger partial charge in [0.05, 0.1) is 29.9 Å². The van der Waals surface area contributed by atoms with E-state index in [9.17, 15) is 4.79 Å². The molecule has 0 spiro atoms. The molecule has 5 rings (SSSR count). The lowest BCUT2D eigenvalue weighted by molar-refractivity contribution is 0.102. The smallest absolute Gasteiger partial charge is 0.256 e. The van der Waals surface area contributed by atoms with Crippen LogP contribution in [0, 0.1) is 6.92 Å². The summed E-state index contributed by atoms with van der Waals surface area (Å²) in [6, 6.07) is 24.7. The number of nitrogens with zero attached hydrogens (tertiary/aromatic N) is 4. The highest BCUT2D eigenvalue weighted by Crippen LogP contribution is 2.25. The highest BCUT2D eigenvalue weighted by molar-refractivity contribution is 6.30. The van der Waals surface area contributed by atoms with Crippen molar-refractivity contribution in [2.75, 3.05) is 11.9 Å². The van der Waals surface area contributed by atoms with Crippen LogP contribution in [0.4, 0.5) is 5.82 Å². The molecule has 0 bridgehead atoms. The van der Waals surface area contributed by atoms with Crippen LogP contribution in [0.5, 0.6) is 5.75 Å². The first kappa shape index (κ1) is 25.5. The Morgan fingerprint density at radius 2 is 1.76 bits per heavy atom. The van der Waals surface area contributed by atoms with Gasteiger partial charge in [-0.1, -0.05) is 55.6 Å². The molecule has 8 heteroatoms. The zero-order chi connectivity index (χ0) is 26.5. The van der Waals surface area contributed by atoms with Gasteiger partial charge in [0.2, 0.25) is 5.95 Å². The van der Waals surface area contributed by atoms with Crippen LogP contribution in [0.3, 0.4) is 0 Å². The molecule has 5 aromatic rings. The number of ether oxygens (including phenoxy) is 1. The van der Waals surface area contributed by atoms with Crippen LogP contribution in [-0.2, 0) is 6.54 Å². The molecule has 194 valence electrons. The number of hydrogen-bond donors (Lipinski definition) is 1. The number of nitrogens with one attached hydrogen (secondary N) is 1. The van der Waals surface area contributed by atoms with Crippen molar-refractivity contribution in [2.45, 2.75) is 39.7 Å². The first-order valence-electron chi connectivity index (χ1n) is 12.8. The molecule has 0 fully saturated rings. The van der Waals surface area contributed by atoms with Crippen LogP contribution in [-0.4, -0.2) is 31.8 Å². The second-order valence-corrected chi connectivity index (χ2v) is 9.67. The van der Waals surface area contributed by atoms with Crippen molar-refractivity contribution in [1.29, 1.82) is 0 Å². The lowest BCUT2D eigenvalue weighted by Crippen LogP contribution is -2.17. The summed E-state index contributed by atoms with van der Waals surface area (Å²) in [6.07, 6.45) is 3.31. The summed E-state index contributed by atoms with van der Waals surface area (Å²) in [7, 11) is 0. The van der Waals surface area contributed by atoms with Gasteiger partial charge in [0, 0.05) is 16.7 Å². The van der Waals surface area contributed by atoms with E-state index in [1.165, 1.54) is 0 Å². The number of para-hydroxylation sites is 2. The van der Waals surface area contributed by atoms with Crippen molar-refractivity contribution in [3.63, 3.8) is 0 Å². The Morgan fingerprint density at radius 3 is 2.53 bits per heavy atom. The van der Waals surface area contributed by atoms with Crippen LogP contribution in [0.1, 0.15) is 47.8 Å². The van der Waals surface area contributed by atoms with Crippen molar-refractivity contribution in [2.24, 2.45) is 0 Å². The van der Waals surface area contributed by atoms with Gasteiger partial charge in [-0.2, -0.15) is 9.78 Å². The third-order valence-corrected chi connectivity index (χ3v) is 6.54. The van der Waals surface area contributed by atoms with E-state index in [1.54, 1.807) is 16.8 Å². The Kier molecular flexibility index (Phi) is 7.75. The number of carbonyl (C=O) groups excluding carboxylic acids is 1. The highest BCUT2D eigenvalue weighted by Gasteiger charge is 2.19. The van der Waals surface area contributed by atoms with E-state index in [0.717, 1.165) is 47.3 Å². The number of hydrogen-bond acceptors (Lipinski definition) is 4. The van der Waals surface area contributed by atoms with Crippen LogP contribution < -0.4 is 10.1 Å². The number of anilines is 1. The highest BCUT2D eigenvalue weighted by atomic mass is 35.5. The third-order valence-electron chi connectivity index (χ3n) is 6.28. The number of imidazole rings is 1. The molecule has 2 aromatic heterocycles. The lowest BCUT2D eigenvalue weighted by atomic mass is 10.2. The number of rotatable bonds is 10. The number of carbonyl (C=O) groups is 1. The first-order valence-corrected chi connectivity index (χ1v) is 13.2. The van der Waals surface area contributed by atoms with Crippen molar-refractivity contribution in [3.8, 4) is 11.7 Å². The molecule has 0 atom stereocenters. The summed E-state index contributed by atoms with van der Waals surface area (Å²) in [4.78, 5) is 18.0. The zero-order valence-electron chi connectivity index (χ0n) is 21.5. The topological polar surface area (TPSA) is 74.0 Å². The molecule has 2 heterocycles. The molecule has 0 radical (unpaired) electrons. The van der Waals surface area contributed by atoms with E-state index in [2.05, 4.69) is 21.9 Å². The SMILES string of the molecule is CCCCCOc1ccc(C(=O)Nc2cc(C)nn2-c2nc3ccccc3n2Cc2ccc(Cl)cc2)cc1. The average Bonchev–Trinajstić information content (AvgIpc) is 3.47. The van der Waals surface area contributed by atoms with E-state index in [1.807, 2.05) is 73.7 Å². The van der Waals surface area contributed by atoms with E-state index < -0.39 is 0 Å². The fourth-order valence-corrected chi connectivity index (χ4v) is 4.45. The van der Waals surface area contributed by atoms with Crippen LogP contribution in [0.15, 0.2) is 78.9 Å². The number of amides is 1. The molecule has 7 nitrogen and oxygen atoms in total. The summed E-state index contributed by atoms with van der Waals surface area (Å²) in [5, 5.41) is 8.39. The number of benzene rings is 3. The van der Waals surface area contributed by atoms with Gasteiger partial charge in [-0.05, 0) is 67.4 Å². The normalized spacial score (nSPS) is 11.1. The van der Waals surface area contributed by atoms with Crippen molar-refractivity contribution < 1.29 is 9.53 Å². The zero-order valence-corrected chi connectivity index (χ0v) is 22.3. The average molecular weight is 528 g/mol. The summed E-state index contributed by atoms with van der Waals surface area (Å²) < 4.78 is 9.55. The molecular formula is C30H30ClN5O2. The predicted octanol–water partition coefficient (Wildman–Crippen LogP) is 7.05. The quantitative estimate of drug-likeness (QED) is 0.197. The minimum absolute atomic E-state index is 0.232. The Labute approximate surface area is 227 Å². The molecule has 0 saturated heterocycles.